The summed E-state index contributed by atoms with van der Waals surface area (Å²) in [5.74, 6) is -0.332. The van der Waals surface area contributed by atoms with Crippen molar-refractivity contribution >= 4 is 47.9 Å². The minimum absolute atomic E-state index is 0.0514. The minimum Gasteiger partial charge on any atom is -0.461 e. The number of ether oxygens (including phenoxy) is 2. The van der Waals surface area contributed by atoms with Crippen LogP contribution in [0.25, 0.3) is 24.3 Å². The number of hydrogen-bond acceptors (Lipinski definition) is 10. The molecule has 18 heteroatoms. The van der Waals surface area contributed by atoms with E-state index in [4.69, 9.17) is 9.47 Å². The molecule has 1 aliphatic heterocycles. The van der Waals surface area contributed by atoms with Gasteiger partial charge < -0.3 is 49.6 Å². The first-order valence-electron chi connectivity index (χ1n) is 19.5. The lowest BCUT2D eigenvalue weighted by atomic mass is 10.0. The monoisotopic (exact) mass is 818 g/mol. The maximum atomic E-state index is 13.1. The van der Waals surface area contributed by atoms with E-state index in [1.165, 1.54) is 21.5 Å². The van der Waals surface area contributed by atoms with Gasteiger partial charge in [0.2, 0.25) is 0 Å². The van der Waals surface area contributed by atoms with E-state index >= 15 is 0 Å². The summed E-state index contributed by atoms with van der Waals surface area (Å²) in [5, 5.41) is 26.3. The molecule has 1 aliphatic rings. The first-order chi connectivity index (χ1) is 28.7. The fourth-order valence-corrected chi connectivity index (χ4v) is 7.65. The molecule has 60 heavy (non-hydrogen) atoms. The average molecular weight is 819 g/mol. The summed E-state index contributed by atoms with van der Waals surface area (Å²) in [6, 6.07) is 4.17. The maximum Gasteiger partial charge on any atom is 0.342 e. The number of H-pyrrole nitrogens is 4. The van der Waals surface area contributed by atoms with Gasteiger partial charge in [-0.2, -0.15) is 0 Å². The molecule has 0 atom stereocenters. The Morgan fingerprint density at radius 2 is 1.22 bits per heavy atom. The van der Waals surface area contributed by atoms with Crippen molar-refractivity contribution < 1.29 is 28.9 Å². The lowest BCUT2D eigenvalue weighted by Gasteiger charge is -2.07. The van der Waals surface area contributed by atoms with Crippen LogP contribution in [0.3, 0.4) is 0 Å². The van der Waals surface area contributed by atoms with Crippen LogP contribution in [-0.4, -0.2) is 74.0 Å². The largest absolute Gasteiger partial charge is 0.461 e. The van der Waals surface area contributed by atoms with Crippen molar-refractivity contribution in [2.45, 2.75) is 80.3 Å². The quantitative estimate of drug-likeness (QED) is 0.0711. The lowest BCUT2D eigenvalue weighted by Crippen LogP contribution is -2.16. The van der Waals surface area contributed by atoms with Crippen LogP contribution in [0.4, 0.5) is 11.6 Å². The number of nitrogens with one attached hydrogen (secondary N) is 4. The molecule has 0 aliphatic carbocycles. The molecule has 312 valence electrons. The van der Waals surface area contributed by atoms with Gasteiger partial charge in [0.05, 0.1) is 0 Å². The van der Waals surface area contributed by atoms with E-state index in [0.717, 1.165) is 77.6 Å². The number of hydrogen-bond donors (Lipinski definition) is 4. The molecule has 7 heterocycles. The molecule has 4 N–H and O–H groups in total. The zero-order valence-electron chi connectivity index (χ0n) is 34.2. The van der Waals surface area contributed by atoms with Crippen molar-refractivity contribution in [3.63, 3.8) is 0 Å². The number of nitro groups is 2. The summed E-state index contributed by atoms with van der Waals surface area (Å²) >= 11 is 0. The SMILES string of the molecule is Cc1cc2[nH]c1C=c1cc(C)c([nH]1)=Cc1[nH]c(c(CCC(=O)OCCn3c([N+](=O)[O-])cnc3C)c1C)C=c1[nH]c(c(C)c1CCC(=O)OCCn1c([N+](=O)[O-])cnc1C)=C2. The first-order valence-corrected chi connectivity index (χ1v) is 19.5. The minimum atomic E-state index is -0.521. The number of aryl methyl sites for hydroxylation is 4. The van der Waals surface area contributed by atoms with Gasteiger partial charge in [0.15, 0.2) is 11.6 Å². The number of nitrogens with zero attached hydrogens (tertiary/aromatic N) is 6. The van der Waals surface area contributed by atoms with E-state index < -0.39 is 21.8 Å². The first kappa shape index (κ1) is 40.9. The van der Waals surface area contributed by atoms with Crippen molar-refractivity contribution in [2.75, 3.05) is 13.2 Å². The van der Waals surface area contributed by atoms with Crippen LogP contribution in [-0.2, 0) is 45.0 Å². The normalized spacial score (nSPS) is 12.0. The molecule has 0 spiro atoms. The van der Waals surface area contributed by atoms with Gasteiger partial charge in [0, 0.05) is 70.9 Å². The van der Waals surface area contributed by atoms with E-state index in [1.807, 2.05) is 39.8 Å². The Labute approximate surface area is 342 Å². The van der Waals surface area contributed by atoms with Gasteiger partial charge in [-0.05, 0) is 120 Å². The van der Waals surface area contributed by atoms with Crippen molar-refractivity contribution in [1.82, 2.24) is 39.0 Å². The number of imidazole rings is 2. The van der Waals surface area contributed by atoms with Gasteiger partial charge in [-0.3, -0.25) is 9.59 Å². The van der Waals surface area contributed by atoms with Gasteiger partial charge in [0.25, 0.3) is 0 Å². The average Bonchev–Trinajstić information content (AvgIpc) is 4.03. The van der Waals surface area contributed by atoms with Gasteiger partial charge in [-0.1, -0.05) is 0 Å². The van der Waals surface area contributed by atoms with Crippen molar-refractivity contribution in [3.8, 4) is 0 Å². The molecule has 0 saturated heterocycles. The molecule has 0 amide bonds. The second-order valence-electron chi connectivity index (χ2n) is 14.9. The zero-order valence-corrected chi connectivity index (χ0v) is 34.2. The highest BCUT2D eigenvalue weighted by molar-refractivity contribution is 5.71. The lowest BCUT2D eigenvalue weighted by molar-refractivity contribution is -0.392. The van der Waals surface area contributed by atoms with Crippen LogP contribution >= 0.6 is 0 Å². The summed E-state index contributed by atoms with van der Waals surface area (Å²) in [6.07, 6.45) is 11.3. The standard InChI is InChI=1S/C42H46N10O8/c1-23-15-30-18-35-25(3)31(7-9-41(53)59-13-11-49-27(5)43-21-39(49)51(55)56)37(47-35)20-38-32(8-10-42(54)60-14-12-50-28(6)44-22-40(50)52(57)58)26(4)36(48-38)19-34-24(2)16-29(46-34)17-33(23)45-30/h15-22,45-48H,7-14H2,1-6H3. The third-order valence-electron chi connectivity index (χ3n) is 11.0. The summed E-state index contributed by atoms with van der Waals surface area (Å²) in [7, 11) is 0. The Morgan fingerprint density at radius 1 is 0.633 bits per heavy atom. The molecule has 8 bridgehead atoms. The highest BCUT2D eigenvalue weighted by atomic mass is 16.6. The Bertz CT molecular complexity index is 2920. The van der Waals surface area contributed by atoms with Gasteiger partial charge in [-0.25, -0.2) is 19.1 Å². The molecule has 6 aromatic rings. The third kappa shape index (κ3) is 8.62. The van der Waals surface area contributed by atoms with Crippen LogP contribution in [0.2, 0.25) is 0 Å². The van der Waals surface area contributed by atoms with Crippen LogP contribution in [0.1, 0.15) is 80.6 Å². The summed E-state index contributed by atoms with van der Waals surface area (Å²) < 4.78 is 13.9. The second kappa shape index (κ2) is 16.9. The fourth-order valence-electron chi connectivity index (χ4n) is 7.65. The molecule has 6 aromatic heterocycles. The van der Waals surface area contributed by atoms with Gasteiger partial charge in [-0.15, -0.1) is 0 Å². The van der Waals surface area contributed by atoms with Gasteiger partial charge >= 0.3 is 23.6 Å². The van der Waals surface area contributed by atoms with Crippen molar-refractivity contribution in [1.29, 1.82) is 0 Å². The summed E-state index contributed by atoms with van der Waals surface area (Å²) in [6.45, 7) is 11.5. The number of carbonyl (C=O) groups excluding carboxylic acids is 2. The number of aromatic amines is 4. The predicted octanol–water partition coefficient (Wildman–Crippen LogP) is 3.04. The fraction of sp³-hybridized carbons (Fsp3) is 0.333. The molecule has 7 rings (SSSR count). The topological polar surface area (TPSA) is 238 Å². The van der Waals surface area contributed by atoms with Crippen LogP contribution in [0.15, 0.2) is 24.5 Å². The number of carbonyl (C=O) groups is 2. The van der Waals surface area contributed by atoms with E-state index in [1.54, 1.807) is 13.8 Å². The molecule has 0 fully saturated rings. The molecule has 0 radical (unpaired) electrons. The third-order valence-corrected chi connectivity index (χ3v) is 11.0. The number of aromatic nitrogens is 8. The number of esters is 2. The highest BCUT2D eigenvalue weighted by Crippen LogP contribution is 2.23. The van der Waals surface area contributed by atoms with Crippen molar-refractivity contribution in [3.05, 3.63) is 134 Å². The second-order valence-corrected chi connectivity index (χ2v) is 14.9. The highest BCUT2D eigenvalue weighted by Gasteiger charge is 2.21. The molecule has 0 aromatic carbocycles. The molecular weight excluding hydrogens is 773 g/mol. The predicted molar refractivity (Wildman–Crippen MR) is 221 cm³/mol. The van der Waals surface area contributed by atoms with Crippen LogP contribution < -0.4 is 21.4 Å². The molecule has 18 nitrogen and oxygen atoms in total. The smallest absolute Gasteiger partial charge is 0.342 e. The summed E-state index contributed by atoms with van der Waals surface area (Å²) in [5.41, 5.74) is 9.28. The molecular formula is C42H46N10O8. The van der Waals surface area contributed by atoms with Gasteiger partial charge in [0.1, 0.15) is 38.7 Å². The number of fused-ring (bicyclic) bond motifs is 8. The molecule has 0 unspecified atom stereocenters. The van der Waals surface area contributed by atoms with Crippen LogP contribution in [0, 0.1) is 61.8 Å². The Hall–Kier alpha value is -7.24. The van der Waals surface area contributed by atoms with E-state index in [2.05, 4.69) is 54.2 Å². The van der Waals surface area contributed by atoms with Crippen LogP contribution in [0.5, 0.6) is 0 Å². The van der Waals surface area contributed by atoms with Crippen molar-refractivity contribution in [2.24, 2.45) is 0 Å². The number of rotatable bonds is 14. The van der Waals surface area contributed by atoms with E-state index in [0.29, 0.717) is 24.5 Å². The Balaban J connectivity index is 1.20. The Kier molecular flexibility index (Phi) is 11.5. The van der Waals surface area contributed by atoms with E-state index in [-0.39, 0.29) is 50.8 Å². The zero-order chi connectivity index (χ0) is 42.8. The Morgan fingerprint density at radius 3 is 1.82 bits per heavy atom. The van der Waals surface area contributed by atoms with E-state index in [9.17, 15) is 29.8 Å². The maximum absolute atomic E-state index is 13.1. The molecule has 0 saturated carbocycles. The summed E-state index contributed by atoms with van der Waals surface area (Å²) in [4.78, 5) is 70.2.